The molecular weight excluding hydrogens is 162 g/mol. The third-order valence-electron chi connectivity index (χ3n) is 2.28. The smallest absolute Gasteiger partial charge is 0.0855 e. The van der Waals surface area contributed by atoms with E-state index in [2.05, 4.69) is 44.2 Å². The van der Waals surface area contributed by atoms with Crippen molar-refractivity contribution in [1.82, 2.24) is 15.0 Å². The van der Waals surface area contributed by atoms with Crippen LogP contribution in [0.1, 0.15) is 58.2 Å². The second-order valence-corrected chi connectivity index (χ2v) is 3.91. The first-order valence-electron chi connectivity index (χ1n) is 5.06. The van der Waals surface area contributed by atoms with E-state index in [9.17, 15) is 0 Å². The molecule has 0 fully saturated rings. The summed E-state index contributed by atoms with van der Waals surface area (Å²) in [5.74, 6) is 0.539. The van der Waals surface area contributed by atoms with Gasteiger partial charge in [0.1, 0.15) is 0 Å². The van der Waals surface area contributed by atoms with Crippen LogP contribution in [0.15, 0.2) is 6.20 Å². The van der Waals surface area contributed by atoms with E-state index in [4.69, 9.17) is 0 Å². The summed E-state index contributed by atoms with van der Waals surface area (Å²) in [5, 5.41) is 8.25. The molecule has 3 heteroatoms. The molecule has 0 saturated carbocycles. The van der Waals surface area contributed by atoms with E-state index in [1.165, 1.54) is 12.8 Å². The van der Waals surface area contributed by atoms with Gasteiger partial charge in [0.15, 0.2) is 0 Å². The summed E-state index contributed by atoms with van der Waals surface area (Å²) in [5.41, 5.74) is 1.12. The van der Waals surface area contributed by atoms with Crippen molar-refractivity contribution in [3.63, 3.8) is 0 Å². The molecule has 0 aliphatic heterocycles. The fourth-order valence-corrected chi connectivity index (χ4v) is 1.35. The highest BCUT2D eigenvalue weighted by Crippen LogP contribution is 2.18. The van der Waals surface area contributed by atoms with Crippen LogP contribution in [0, 0.1) is 0 Å². The Morgan fingerprint density at radius 1 is 1.38 bits per heavy atom. The van der Waals surface area contributed by atoms with E-state index in [1.807, 2.05) is 4.68 Å². The second-order valence-electron chi connectivity index (χ2n) is 3.91. The first kappa shape index (κ1) is 10.2. The van der Waals surface area contributed by atoms with Crippen molar-refractivity contribution in [2.45, 2.75) is 52.5 Å². The van der Waals surface area contributed by atoms with Crippen LogP contribution in [0.5, 0.6) is 0 Å². The van der Waals surface area contributed by atoms with Crippen molar-refractivity contribution in [2.24, 2.45) is 0 Å². The van der Waals surface area contributed by atoms with E-state index in [0.29, 0.717) is 12.0 Å². The van der Waals surface area contributed by atoms with Crippen molar-refractivity contribution in [3.8, 4) is 0 Å². The molecule has 1 rings (SSSR count). The van der Waals surface area contributed by atoms with E-state index < -0.39 is 0 Å². The van der Waals surface area contributed by atoms with Gasteiger partial charge in [-0.2, -0.15) is 0 Å². The highest BCUT2D eigenvalue weighted by atomic mass is 15.4. The van der Waals surface area contributed by atoms with Crippen LogP contribution in [0.4, 0.5) is 0 Å². The lowest BCUT2D eigenvalue weighted by atomic mass is 10.0. The summed E-state index contributed by atoms with van der Waals surface area (Å²) in [6.07, 6.45) is 4.46. The van der Waals surface area contributed by atoms with Crippen molar-refractivity contribution >= 4 is 0 Å². The summed E-state index contributed by atoms with van der Waals surface area (Å²) in [6, 6.07) is 0.412. The third kappa shape index (κ3) is 2.54. The maximum absolute atomic E-state index is 4.17. The monoisotopic (exact) mass is 181 g/mol. The quantitative estimate of drug-likeness (QED) is 0.715. The van der Waals surface area contributed by atoms with Crippen molar-refractivity contribution < 1.29 is 0 Å². The zero-order valence-corrected chi connectivity index (χ0v) is 8.99. The molecule has 0 saturated heterocycles. The lowest BCUT2D eigenvalue weighted by Crippen LogP contribution is -2.00. The average Bonchev–Trinajstić information content (AvgIpc) is 2.52. The van der Waals surface area contributed by atoms with E-state index in [1.54, 1.807) is 0 Å². The lowest BCUT2D eigenvalue weighted by molar-refractivity contribution is 0.514. The second kappa shape index (κ2) is 4.40. The van der Waals surface area contributed by atoms with Crippen LogP contribution in [0.2, 0.25) is 0 Å². The van der Waals surface area contributed by atoms with Crippen molar-refractivity contribution in [3.05, 3.63) is 11.9 Å². The fraction of sp³-hybridized carbons (Fsp3) is 0.800. The minimum atomic E-state index is 0.412. The Labute approximate surface area is 80.1 Å². The number of rotatable bonds is 4. The Morgan fingerprint density at radius 3 is 2.54 bits per heavy atom. The molecule has 74 valence electrons. The molecule has 1 aromatic heterocycles. The normalized spacial score (nSPS) is 13.6. The van der Waals surface area contributed by atoms with Gasteiger partial charge in [0, 0.05) is 18.2 Å². The van der Waals surface area contributed by atoms with Crippen LogP contribution in [-0.2, 0) is 0 Å². The maximum Gasteiger partial charge on any atom is 0.0855 e. The molecule has 13 heavy (non-hydrogen) atoms. The van der Waals surface area contributed by atoms with Crippen LogP contribution in [0.25, 0.3) is 0 Å². The van der Waals surface area contributed by atoms with E-state index in [-0.39, 0.29) is 0 Å². The van der Waals surface area contributed by atoms with Crippen LogP contribution >= 0.6 is 0 Å². The van der Waals surface area contributed by atoms with Crippen LogP contribution in [0.3, 0.4) is 0 Å². The molecule has 0 N–H and O–H groups in total. The van der Waals surface area contributed by atoms with Crippen LogP contribution < -0.4 is 0 Å². The van der Waals surface area contributed by atoms with Gasteiger partial charge in [0.25, 0.3) is 0 Å². The Kier molecular flexibility index (Phi) is 3.46. The molecule has 0 aromatic carbocycles. The summed E-state index contributed by atoms with van der Waals surface area (Å²) < 4.78 is 1.92. The Morgan fingerprint density at radius 2 is 2.08 bits per heavy atom. The molecule has 0 radical (unpaired) electrons. The summed E-state index contributed by atoms with van der Waals surface area (Å²) >= 11 is 0. The molecule has 1 unspecified atom stereocenters. The predicted octanol–water partition coefficient (Wildman–Crippen LogP) is 2.76. The SMILES string of the molecule is CCCC(C)c1cn(C(C)C)nn1. The maximum atomic E-state index is 4.17. The van der Waals surface area contributed by atoms with Gasteiger partial charge >= 0.3 is 0 Å². The minimum absolute atomic E-state index is 0.412. The Bertz CT molecular complexity index is 252. The Hall–Kier alpha value is -0.860. The Balaban J connectivity index is 2.67. The summed E-state index contributed by atoms with van der Waals surface area (Å²) in [4.78, 5) is 0. The number of aromatic nitrogens is 3. The zero-order chi connectivity index (χ0) is 9.84. The standard InChI is InChI=1S/C10H19N3/c1-5-6-9(4)10-7-13(8(2)3)12-11-10/h7-9H,5-6H2,1-4H3. The molecule has 0 spiro atoms. The number of hydrogen-bond donors (Lipinski definition) is 0. The highest BCUT2D eigenvalue weighted by molar-refractivity contribution is 5.00. The van der Waals surface area contributed by atoms with E-state index >= 15 is 0 Å². The predicted molar refractivity (Wildman–Crippen MR) is 53.7 cm³/mol. The van der Waals surface area contributed by atoms with E-state index in [0.717, 1.165) is 5.69 Å². The molecule has 0 bridgehead atoms. The summed E-state index contributed by atoms with van der Waals surface area (Å²) in [7, 11) is 0. The first-order valence-corrected chi connectivity index (χ1v) is 5.06. The molecular formula is C10H19N3. The van der Waals surface area contributed by atoms with Crippen LogP contribution in [-0.4, -0.2) is 15.0 Å². The average molecular weight is 181 g/mol. The molecule has 0 amide bonds. The van der Waals surface area contributed by atoms with Gasteiger partial charge in [-0.25, -0.2) is 4.68 Å². The van der Waals surface area contributed by atoms with Gasteiger partial charge in [-0.05, 0) is 20.3 Å². The largest absolute Gasteiger partial charge is 0.250 e. The first-order chi connectivity index (χ1) is 6.15. The number of nitrogens with zero attached hydrogens (tertiary/aromatic N) is 3. The summed E-state index contributed by atoms with van der Waals surface area (Å²) in [6.45, 7) is 8.63. The van der Waals surface area contributed by atoms with Gasteiger partial charge in [-0.3, -0.25) is 0 Å². The molecule has 0 aliphatic carbocycles. The fourth-order valence-electron chi connectivity index (χ4n) is 1.35. The van der Waals surface area contributed by atoms with Crippen molar-refractivity contribution in [1.29, 1.82) is 0 Å². The highest BCUT2D eigenvalue weighted by Gasteiger charge is 2.09. The lowest BCUT2D eigenvalue weighted by Gasteiger charge is -2.05. The van der Waals surface area contributed by atoms with Gasteiger partial charge < -0.3 is 0 Å². The molecule has 1 aromatic rings. The topological polar surface area (TPSA) is 30.7 Å². The molecule has 0 aliphatic rings. The van der Waals surface area contributed by atoms with Gasteiger partial charge in [0.05, 0.1) is 5.69 Å². The zero-order valence-electron chi connectivity index (χ0n) is 8.99. The third-order valence-corrected chi connectivity index (χ3v) is 2.28. The molecule has 3 nitrogen and oxygen atoms in total. The van der Waals surface area contributed by atoms with Gasteiger partial charge in [-0.15, -0.1) is 5.10 Å². The number of hydrogen-bond acceptors (Lipinski definition) is 2. The molecule has 1 atom stereocenters. The minimum Gasteiger partial charge on any atom is -0.250 e. The van der Waals surface area contributed by atoms with Gasteiger partial charge in [0.2, 0.25) is 0 Å². The van der Waals surface area contributed by atoms with Crippen molar-refractivity contribution in [2.75, 3.05) is 0 Å². The van der Waals surface area contributed by atoms with Gasteiger partial charge in [-0.1, -0.05) is 25.5 Å². The molecule has 1 heterocycles.